The van der Waals surface area contributed by atoms with Crippen molar-refractivity contribution < 1.29 is 4.79 Å². The van der Waals surface area contributed by atoms with Crippen LogP contribution in [0, 0.1) is 11.3 Å². The maximum atomic E-state index is 12.4. The number of rotatable bonds is 3. The first kappa shape index (κ1) is 15.2. The van der Waals surface area contributed by atoms with Crippen LogP contribution in [-0.4, -0.2) is 20.7 Å². The number of hydrogen-bond donors (Lipinski definition) is 2. The maximum absolute atomic E-state index is 12.4. The number of aromatic amines is 1. The Morgan fingerprint density at radius 2 is 2.24 bits per heavy atom. The molecule has 6 heteroatoms. The number of hydrogen-bond acceptors (Lipinski definition) is 3. The lowest BCUT2D eigenvalue weighted by molar-refractivity contribution is 0.102. The Balaban J connectivity index is 1.62. The normalized spacial score (nSPS) is 16.0. The molecule has 2 aromatic heterocycles. The molecule has 0 radical (unpaired) electrons. The van der Waals surface area contributed by atoms with Crippen molar-refractivity contribution in [3.8, 4) is 6.07 Å². The molecule has 1 amide bonds. The summed E-state index contributed by atoms with van der Waals surface area (Å²) in [5.74, 6) is 0.368. The Kier molecular flexibility index (Phi) is 3.82. The van der Waals surface area contributed by atoms with Gasteiger partial charge in [-0.15, -0.1) is 0 Å². The molecule has 0 fully saturated rings. The lowest BCUT2D eigenvalue weighted by Gasteiger charge is -2.27. The van der Waals surface area contributed by atoms with Crippen molar-refractivity contribution >= 4 is 11.7 Å². The standard InChI is InChI=1S/C19H17N5O/c20-11-13-10-16(21-12-13)19(25)23-18-8-9-22-24(18)17-7-3-5-14-4-1-2-6-15(14)17/h1-2,4,6,8-10,12,17,21H,3,5,7H2,(H,23,25)/t17-/m1/s1. The van der Waals surface area contributed by atoms with Crippen LogP contribution in [0.1, 0.15) is 46.1 Å². The Labute approximate surface area is 145 Å². The lowest BCUT2D eigenvalue weighted by atomic mass is 9.88. The first-order valence-corrected chi connectivity index (χ1v) is 8.27. The summed E-state index contributed by atoms with van der Waals surface area (Å²) in [6.45, 7) is 0. The number of aromatic nitrogens is 3. The average molecular weight is 331 g/mol. The molecule has 2 heterocycles. The molecule has 124 valence electrons. The lowest BCUT2D eigenvalue weighted by Crippen LogP contribution is -2.22. The molecule has 0 saturated carbocycles. The Morgan fingerprint density at radius 1 is 1.36 bits per heavy atom. The summed E-state index contributed by atoms with van der Waals surface area (Å²) in [7, 11) is 0. The van der Waals surface area contributed by atoms with E-state index in [0.717, 1.165) is 19.3 Å². The number of carbonyl (C=O) groups is 1. The fraction of sp³-hybridized carbons (Fsp3) is 0.211. The summed E-state index contributed by atoms with van der Waals surface area (Å²) in [6, 6.07) is 13.9. The van der Waals surface area contributed by atoms with Gasteiger partial charge in [-0.05, 0) is 36.5 Å². The van der Waals surface area contributed by atoms with Crippen molar-refractivity contribution in [2.24, 2.45) is 0 Å². The molecule has 25 heavy (non-hydrogen) atoms. The molecular formula is C19H17N5O. The second-order valence-electron chi connectivity index (χ2n) is 6.14. The van der Waals surface area contributed by atoms with Crippen molar-refractivity contribution in [1.29, 1.82) is 5.26 Å². The summed E-state index contributed by atoms with van der Waals surface area (Å²) < 4.78 is 1.88. The quantitative estimate of drug-likeness (QED) is 0.772. The molecule has 1 aliphatic carbocycles. The number of fused-ring (bicyclic) bond motifs is 1. The highest BCUT2D eigenvalue weighted by molar-refractivity contribution is 6.02. The van der Waals surface area contributed by atoms with E-state index in [4.69, 9.17) is 5.26 Å². The fourth-order valence-corrected chi connectivity index (χ4v) is 3.42. The van der Waals surface area contributed by atoms with Gasteiger partial charge in [-0.1, -0.05) is 24.3 Å². The van der Waals surface area contributed by atoms with Gasteiger partial charge in [0.25, 0.3) is 5.91 Å². The highest BCUT2D eigenvalue weighted by Gasteiger charge is 2.24. The number of carbonyl (C=O) groups excluding carboxylic acids is 1. The smallest absolute Gasteiger partial charge is 0.273 e. The summed E-state index contributed by atoms with van der Waals surface area (Å²) in [5, 5.41) is 16.2. The number of amides is 1. The van der Waals surface area contributed by atoms with Crippen LogP contribution in [0.4, 0.5) is 5.82 Å². The van der Waals surface area contributed by atoms with E-state index in [1.165, 1.54) is 23.4 Å². The molecule has 0 saturated heterocycles. The minimum absolute atomic E-state index is 0.119. The second kappa shape index (κ2) is 6.29. The third-order valence-corrected chi connectivity index (χ3v) is 4.60. The molecule has 0 aliphatic heterocycles. The molecule has 0 spiro atoms. The van der Waals surface area contributed by atoms with Crippen LogP contribution >= 0.6 is 0 Å². The van der Waals surface area contributed by atoms with E-state index in [-0.39, 0.29) is 11.9 Å². The number of nitriles is 1. The van der Waals surface area contributed by atoms with E-state index in [1.54, 1.807) is 12.3 Å². The molecule has 6 nitrogen and oxygen atoms in total. The number of nitrogens with zero attached hydrogens (tertiary/aromatic N) is 3. The zero-order chi connectivity index (χ0) is 17.2. The van der Waals surface area contributed by atoms with E-state index >= 15 is 0 Å². The highest BCUT2D eigenvalue weighted by Crippen LogP contribution is 2.34. The van der Waals surface area contributed by atoms with Crippen LogP contribution in [0.5, 0.6) is 0 Å². The summed E-state index contributed by atoms with van der Waals surface area (Å²) in [6.07, 6.45) is 6.38. The van der Waals surface area contributed by atoms with Gasteiger partial charge < -0.3 is 10.3 Å². The Bertz CT molecular complexity index is 962. The van der Waals surface area contributed by atoms with Gasteiger partial charge in [-0.2, -0.15) is 10.4 Å². The highest BCUT2D eigenvalue weighted by atomic mass is 16.2. The zero-order valence-electron chi connectivity index (χ0n) is 13.6. The molecule has 4 rings (SSSR count). The van der Waals surface area contributed by atoms with E-state index in [1.807, 2.05) is 16.8 Å². The molecule has 0 bridgehead atoms. The predicted octanol–water partition coefficient (Wildman–Crippen LogP) is 3.26. The first-order valence-electron chi connectivity index (χ1n) is 8.27. The third kappa shape index (κ3) is 2.81. The van der Waals surface area contributed by atoms with Gasteiger partial charge in [0.2, 0.25) is 0 Å². The molecule has 1 aliphatic rings. The van der Waals surface area contributed by atoms with Crippen molar-refractivity contribution in [2.75, 3.05) is 5.32 Å². The van der Waals surface area contributed by atoms with Crippen LogP contribution in [0.25, 0.3) is 0 Å². The molecular weight excluding hydrogens is 314 g/mol. The van der Waals surface area contributed by atoms with Gasteiger partial charge in [0.1, 0.15) is 17.6 Å². The van der Waals surface area contributed by atoms with Crippen LogP contribution in [0.2, 0.25) is 0 Å². The molecule has 3 aromatic rings. The summed E-state index contributed by atoms with van der Waals surface area (Å²) >= 11 is 0. The van der Waals surface area contributed by atoms with E-state index in [0.29, 0.717) is 17.1 Å². The number of H-pyrrole nitrogens is 1. The van der Waals surface area contributed by atoms with Gasteiger partial charge in [0.05, 0.1) is 17.8 Å². The van der Waals surface area contributed by atoms with Gasteiger partial charge in [0, 0.05) is 12.3 Å². The van der Waals surface area contributed by atoms with Crippen LogP contribution in [-0.2, 0) is 6.42 Å². The Hall–Kier alpha value is -3.33. The Morgan fingerprint density at radius 3 is 3.08 bits per heavy atom. The van der Waals surface area contributed by atoms with Crippen molar-refractivity contribution in [3.63, 3.8) is 0 Å². The first-order chi connectivity index (χ1) is 12.3. The van der Waals surface area contributed by atoms with Crippen LogP contribution < -0.4 is 5.32 Å². The number of anilines is 1. The number of benzene rings is 1. The average Bonchev–Trinajstić information content (AvgIpc) is 3.30. The number of nitrogens with one attached hydrogen (secondary N) is 2. The van der Waals surface area contributed by atoms with Gasteiger partial charge in [0.15, 0.2) is 0 Å². The van der Waals surface area contributed by atoms with Crippen molar-refractivity contribution in [2.45, 2.75) is 25.3 Å². The van der Waals surface area contributed by atoms with Crippen molar-refractivity contribution in [3.05, 3.63) is 71.2 Å². The van der Waals surface area contributed by atoms with Crippen molar-refractivity contribution in [1.82, 2.24) is 14.8 Å². The minimum Gasteiger partial charge on any atom is -0.356 e. The third-order valence-electron chi connectivity index (χ3n) is 4.60. The van der Waals surface area contributed by atoms with E-state index < -0.39 is 0 Å². The van der Waals surface area contributed by atoms with Gasteiger partial charge in [-0.25, -0.2) is 4.68 Å². The topological polar surface area (TPSA) is 86.5 Å². The van der Waals surface area contributed by atoms with Crippen LogP contribution in [0.15, 0.2) is 48.8 Å². The van der Waals surface area contributed by atoms with E-state index in [9.17, 15) is 4.79 Å². The van der Waals surface area contributed by atoms with Gasteiger partial charge >= 0.3 is 0 Å². The predicted molar refractivity (Wildman–Crippen MR) is 93.2 cm³/mol. The monoisotopic (exact) mass is 331 g/mol. The summed E-state index contributed by atoms with van der Waals surface area (Å²) in [4.78, 5) is 15.2. The molecule has 0 unspecified atom stereocenters. The maximum Gasteiger partial charge on any atom is 0.273 e. The fourth-order valence-electron chi connectivity index (χ4n) is 3.42. The van der Waals surface area contributed by atoms with E-state index in [2.05, 4.69) is 33.6 Å². The molecule has 1 aromatic carbocycles. The number of aryl methyl sites for hydroxylation is 1. The SMILES string of the molecule is N#Cc1c[nH]c(C(=O)Nc2ccnn2[C@@H]2CCCc3ccccc32)c1. The minimum atomic E-state index is -0.285. The molecule has 1 atom stereocenters. The van der Waals surface area contributed by atoms with Gasteiger partial charge in [-0.3, -0.25) is 4.79 Å². The zero-order valence-corrected chi connectivity index (χ0v) is 13.6. The largest absolute Gasteiger partial charge is 0.356 e. The second-order valence-corrected chi connectivity index (χ2v) is 6.14. The summed E-state index contributed by atoms with van der Waals surface area (Å²) in [5.41, 5.74) is 3.39. The van der Waals surface area contributed by atoms with Crippen LogP contribution in [0.3, 0.4) is 0 Å². The molecule has 2 N–H and O–H groups in total.